The number of amides is 1. The van der Waals surface area contributed by atoms with E-state index in [-0.39, 0.29) is 29.5 Å². The number of nitrogens with zero attached hydrogens (tertiary/aromatic N) is 2. The van der Waals surface area contributed by atoms with Gasteiger partial charge < -0.3 is 14.8 Å². The van der Waals surface area contributed by atoms with Crippen LogP contribution in [0.2, 0.25) is 0 Å². The SMILES string of the molecule is COCCNC(=O)[C@@H]1CN(Cc2ccc(F)c(C#N)c2)[C@H]2CCO[C@@H]12. The van der Waals surface area contributed by atoms with Crippen molar-refractivity contribution >= 4 is 5.91 Å². The van der Waals surface area contributed by atoms with Crippen LogP contribution in [0.4, 0.5) is 4.39 Å². The van der Waals surface area contributed by atoms with Crippen LogP contribution in [0.1, 0.15) is 17.5 Å². The van der Waals surface area contributed by atoms with Crippen molar-refractivity contribution in [1.29, 1.82) is 5.26 Å². The lowest BCUT2D eigenvalue weighted by Gasteiger charge is -2.22. The van der Waals surface area contributed by atoms with Gasteiger partial charge in [-0.05, 0) is 24.1 Å². The minimum absolute atomic E-state index is 0.0201. The van der Waals surface area contributed by atoms with Crippen LogP contribution in [-0.2, 0) is 20.8 Å². The summed E-state index contributed by atoms with van der Waals surface area (Å²) in [6.07, 6.45) is 0.761. The summed E-state index contributed by atoms with van der Waals surface area (Å²) in [5.74, 6) is -0.751. The van der Waals surface area contributed by atoms with Crippen molar-refractivity contribution in [3.63, 3.8) is 0 Å². The molecule has 2 aliphatic heterocycles. The topological polar surface area (TPSA) is 74.6 Å². The molecular weight excluding hydrogens is 325 g/mol. The zero-order chi connectivity index (χ0) is 17.8. The van der Waals surface area contributed by atoms with Gasteiger partial charge in [0, 0.05) is 39.4 Å². The van der Waals surface area contributed by atoms with E-state index in [1.807, 2.05) is 6.07 Å². The number of hydrogen-bond acceptors (Lipinski definition) is 5. The van der Waals surface area contributed by atoms with Crippen molar-refractivity contribution in [3.05, 3.63) is 35.1 Å². The van der Waals surface area contributed by atoms with Gasteiger partial charge in [0.25, 0.3) is 0 Å². The van der Waals surface area contributed by atoms with E-state index in [1.54, 1.807) is 19.2 Å². The van der Waals surface area contributed by atoms with Gasteiger partial charge in [0.05, 0.1) is 24.2 Å². The first-order valence-electron chi connectivity index (χ1n) is 8.45. The highest BCUT2D eigenvalue weighted by molar-refractivity contribution is 5.80. The highest BCUT2D eigenvalue weighted by Gasteiger charge is 2.48. The minimum atomic E-state index is -0.509. The van der Waals surface area contributed by atoms with Gasteiger partial charge >= 0.3 is 0 Å². The lowest BCUT2D eigenvalue weighted by molar-refractivity contribution is -0.127. The maximum Gasteiger partial charge on any atom is 0.227 e. The number of methoxy groups -OCH3 is 1. The quantitative estimate of drug-likeness (QED) is 0.779. The fourth-order valence-corrected chi connectivity index (χ4v) is 3.68. The number of halogens is 1. The summed E-state index contributed by atoms with van der Waals surface area (Å²) in [5.41, 5.74) is 0.911. The number of fused-ring (bicyclic) bond motifs is 1. The second-order valence-corrected chi connectivity index (χ2v) is 6.44. The van der Waals surface area contributed by atoms with E-state index in [0.29, 0.717) is 32.8 Å². The number of nitriles is 1. The van der Waals surface area contributed by atoms with Gasteiger partial charge in [-0.25, -0.2) is 4.39 Å². The smallest absolute Gasteiger partial charge is 0.227 e. The Labute approximate surface area is 146 Å². The van der Waals surface area contributed by atoms with Gasteiger partial charge in [-0.15, -0.1) is 0 Å². The average Bonchev–Trinajstić information content (AvgIpc) is 3.20. The lowest BCUT2D eigenvalue weighted by atomic mass is 10.0. The van der Waals surface area contributed by atoms with Crippen molar-refractivity contribution in [2.24, 2.45) is 5.92 Å². The fraction of sp³-hybridized carbons (Fsp3) is 0.556. The minimum Gasteiger partial charge on any atom is -0.383 e. The van der Waals surface area contributed by atoms with E-state index in [2.05, 4.69) is 10.2 Å². The zero-order valence-corrected chi connectivity index (χ0v) is 14.2. The zero-order valence-electron chi connectivity index (χ0n) is 14.2. The van der Waals surface area contributed by atoms with Crippen molar-refractivity contribution < 1.29 is 18.7 Å². The maximum atomic E-state index is 13.5. The van der Waals surface area contributed by atoms with Crippen molar-refractivity contribution in [2.45, 2.75) is 25.1 Å². The summed E-state index contributed by atoms with van der Waals surface area (Å²) in [7, 11) is 1.60. The van der Waals surface area contributed by atoms with Gasteiger partial charge in [0.1, 0.15) is 11.9 Å². The molecule has 2 saturated heterocycles. The molecule has 1 aromatic carbocycles. The number of carbonyl (C=O) groups excluding carboxylic acids is 1. The molecule has 134 valence electrons. The predicted octanol–water partition coefficient (Wildman–Crippen LogP) is 1.05. The third-order valence-corrected chi connectivity index (χ3v) is 4.88. The molecule has 1 amide bonds. The average molecular weight is 347 g/mol. The number of nitrogens with one attached hydrogen (secondary N) is 1. The summed E-state index contributed by atoms with van der Waals surface area (Å²) in [4.78, 5) is 14.6. The van der Waals surface area contributed by atoms with Crippen LogP contribution < -0.4 is 5.32 Å². The summed E-state index contributed by atoms with van der Waals surface area (Å²) in [6.45, 7) is 2.76. The van der Waals surface area contributed by atoms with Crippen LogP contribution in [0.3, 0.4) is 0 Å². The lowest BCUT2D eigenvalue weighted by Crippen LogP contribution is -2.39. The number of benzene rings is 1. The van der Waals surface area contributed by atoms with Crippen LogP contribution in [0.25, 0.3) is 0 Å². The fourth-order valence-electron chi connectivity index (χ4n) is 3.68. The Bertz CT molecular complexity index is 676. The van der Waals surface area contributed by atoms with E-state index in [0.717, 1.165) is 12.0 Å². The van der Waals surface area contributed by atoms with Crippen molar-refractivity contribution in [2.75, 3.05) is 33.4 Å². The van der Waals surface area contributed by atoms with Crippen LogP contribution in [0, 0.1) is 23.1 Å². The van der Waals surface area contributed by atoms with Crippen molar-refractivity contribution in [3.8, 4) is 6.07 Å². The van der Waals surface area contributed by atoms with Gasteiger partial charge in [0.2, 0.25) is 5.91 Å². The third kappa shape index (κ3) is 3.82. The first-order valence-corrected chi connectivity index (χ1v) is 8.45. The van der Waals surface area contributed by atoms with Crippen LogP contribution >= 0.6 is 0 Å². The van der Waals surface area contributed by atoms with E-state index in [4.69, 9.17) is 14.7 Å². The maximum absolute atomic E-state index is 13.5. The standard InChI is InChI=1S/C18H22FN3O3/c1-24-7-5-21-18(23)14-11-22(16-4-6-25-17(14)16)10-12-2-3-15(19)13(8-12)9-20/h2-3,8,14,16-17H,4-7,10-11H2,1H3,(H,21,23)/t14-,16+,17+/m1/s1. The number of likely N-dealkylation sites (tertiary alicyclic amines) is 1. The number of carbonyl (C=O) groups is 1. The van der Waals surface area contributed by atoms with Gasteiger partial charge in [-0.1, -0.05) is 6.07 Å². The van der Waals surface area contributed by atoms with Crippen molar-refractivity contribution in [1.82, 2.24) is 10.2 Å². The molecule has 0 aromatic heterocycles. The van der Waals surface area contributed by atoms with Crippen LogP contribution in [0.5, 0.6) is 0 Å². The van der Waals surface area contributed by atoms with Crippen LogP contribution in [0.15, 0.2) is 18.2 Å². The molecule has 6 nitrogen and oxygen atoms in total. The highest BCUT2D eigenvalue weighted by atomic mass is 19.1. The molecular formula is C18H22FN3O3. The second kappa shape index (κ2) is 7.91. The van der Waals surface area contributed by atoms with E-state index < -0.39 is 5.82 Å². The molecule has 0 bridgehead atoms. The normalized spacial score (nSPS) is 25.6. The Balaban J connectivity index is 1.68. The Morgan fingerprint density at radius 2 is 2.40 bits per heavy atom. The number of hydrogen-bond donors (Lipinski definition) is 1. The predicted molar refractivity (Wildman–Crippen MR) is 88.0 cm³/mol. The Hall–Kier alpha value is -2.01. The molecule has 2 fully saturated rings. The molecule has 0 saturated carbocycles. The van der Waals surface area contributed by atoms with E-state index in [9.17, 15) is 9.18 Å². The summed E-state index contributed by atoms with van der Waals surface area (Å²) < 4.78 is 24.3. The summed E-state index contributed by atoms with van der Waals surface area (Å²) >= 11 is 0. The molecule has 0 radical (unpaired) electrons. The highest BCUT2D eigenvalue weighted by Crippen LogP contribution is 2.34. The molecule has 2 heterocycles. The Morgan fingerprint density at radius 3 is 3.16 bits per heavy atom. The molecule has 3 rings (SSSR count). The molecule has 0 aliphatic carbocycles. The molecule has 25 heavy (non-hydrogen) atoms. The van der Waals surface area contributed by atoms with E-state index in [1.165, 1.54) is 6.07 Å². The number of rotatable bonds is 6. The number of ether oxygens (including phenoxy) is 2. The van der Waals surface area contributed by atoms with Gasteiger partial charge in [-0.2, -0.15) is 5.26 Å². The molecule has 1 aromatic rings. The molecule has 2 aliphatic rings. The first kappa shape index (κ1) is 17.8. The first-order chi connectivity index (χ1) is 12.1. The third-order valence-electron chi connectivity index (χ3n) is 4.88. The van der Waals surface area contributed by atoms with Gasteiger partial charge in [0.15, 0.2) is 0 Å². The molecule has 0 unspecified atom stereocenters. The summed E-state index contributed by atoms with van der Waals surface area (Å²) in [6, 6.07) is 6.63. The van der Waals surface area contributed by atoms with Crippen LogP contribution in [-0.4, -0.2) is 56.4 Å². The Kier molecular flexibility index (Phi) is 5.63. The second-order valence-electron chi connectivity index (χ2n) is 6.44. The Morgan fingerprint density at radius 1 is 1.56 bits per heavy atom. The summed E-state index contributed by atoms with van der Waals surface area (Å²) in [5, 5.41) is 11.9. The largest absolute Gasteiger partial charge is 0.383 e. The van der Waals surface area contributed by atoms with Gasteiger partial charge in [-0.3, -0.25) is 9.69 Å². The van der Waals surface area contributed by atoms with E-state index >= 15 is 0 Å². The molecule has 0 spiro atoms. The molecule has 3 atom stereocenters. The molecule has 7 heteroatoms. The molecule has 1 N–H and O–H groups in total. The monoisotopic (exact) mass is 347 g/mol.